The van der Waals surface area contributed by atoms with Crippen molar-refractivity contribution < 1.29 is 0 Å². The van der Waals surface area contributed by atoms with Gasteiger partial charge in [-0.1, -0.05) is 6.42 Å². The first kappa shape index (κ1) is 14.6. The van der Waals surface area contributed by atoms with Crippen LogP contribution in [0.4, 0.5) is 0 Å². The number of hydrogen-bond donors (Lipinski definition) is 0. The predicted molar refractivity (Wildman–Crippen MR) is 79.4 cm³/mol. The Morgan fingerprint density at radius 3 is 2.61 bits per heavy atom. The summed E-state index contributed by atoms with van der Waals surface area (Å²) in [5.41, 5.74) is 0. The van der Waals surface area contributed by atoms with Gasteiger partial charge < -0.3 is 9.80 Å². The Labute approximate surface area is 118 Å². The van der Waals surface area contributed by atoms with E-state index in [0.29, 0.717) is 0 Å². The van der Waals surface area contributed by atoms with Crippen LogP contribution in [0.1, 0.15) is 51.4 Å². The molecule has 2 fully saturated rings. The van der Waals surface area contributed by atoms with E-state index >= 15 is 0 Å². The molecule has 2 heterocycles. The van der Waals surface area contributed by atoms with Crippen LogP contribution in [0.25, 0.3) is 0 Å². The second-order valence-corrected chi connectivity index (χ2v) is 6.46. The first-order valence-corrected chi connectivity index (χ1v) is 8.35. The minimum atomic E-state index is 0.829. The third-order valence-corrected chi connectivity index (χ3v) is 5.11. The van der Waals surface area contributed by atoms with Crippen molar-refractivity contribution in [1.29, 1.82) is 0 Å². The van der Waals surface area contributed by atoms with E-state index in [1.807, 2.05) is 0 Å². The van der Waals surface area contributed by atoms with Crippen molar-refractivity contribution in [3.8, 4) is 0 Å². The van der Waals surface area contributed by atoms with Crippen molar-refractivity contribution in [2.24, 2.45) is 0 Å². The van der Waals surface area contributed by atoms with Gasteiger partial charge in [0.25, 0.3) is 0 Å². The number of piperidine rings is 1. The second-order valence-electron chi connectivity index (χ2n) is 6.08. The van der Waals surface area contributed by atoms with Crippen molar-refractivity contribution >= 4 is 11.6 Å². The van der Waals surface area contributed by atoms with E-state index < -0.39 is 0 Å². The van der Waals surface area contributed by atoms with E-state index in [2.05, 4.69) is 16.8 Å². The fourth-order valence-electron chi connectivity index (χ4n) is 3.65. The van der Waals surface area contributed by atoms with Gasteiger partial charge in [0.1, 0.15) is 0 Å². The molecule has 0 spiro atoms. The maximum absolute atomic E-state index is 5.82. The first-order chi connectivity index (χ1) is 8.81. The molecule has 0 aromatic carbocycles. The van der Waals surface area contributed by atoms with Crippen molar-refractivity contribution in [3.63, 3.8) is 0 Å². The highest BCUT2D eigenvalue weighted by Crippen LogP contribution is 2.24. The molecule has 2 nitrogen and oxygen atoms in total. The monoisotopic (exact) mass is 272 g/mol. The van der Waals surface area contributed by atoms with Crippen LogP contribution in [0, 0.1) is 0 Å². The Balaban J connectivity index is 1.71. The minimum Gasteiger partial charge on any atom is -0.303 e. The Hall–Kier alpha value is 0.210. The van der Waals surface area contributed by atoms with Crippen LogP contribution in [-0.4, -0.2) is 54.4 Å². The van der Waals surface area contributed by atoms with Crippen molar-refractivity contribution in [2.75, 3.05) is 32.6 Å². The van der Waals surface area contributed by atoms with Crippen LogP contribution in [0.3, 0.4) is 0 Å². The maximum atomic E-state index is 5.82. The molecule has 0 saturated carbocycles. The summed E-state index contributed by atoms with van der Waals surface area (Å²) >= 11 is 5.82. The zero-order valence-electron chi connectivity index (χ0n) is 11.9. The summed E-state index contributed by atoms with van der Waals surface area (Å²) in [7, 11) is 2.30. The summed E-state index contributed by atoms with van der Waals surface area (Å²) in [6.07, 6.45) is 10.9. The van der Waals surface area contributed by atoms with Gasteiger partial charge in [-0.2, -0.15) is 0 Å². The summed E-state index contributed by atoms with van der Waals surface area (Å²) < 4.78 is 0. The van der Waals surface area contributed by atoms with Gasteiger partial charge in [-0.15, -0.1) is 11.6 Å². The van der Waals surface area contributed by atoms with Crippen molar-refractivity contribution in [2.45, 2.75) is 63.5 Å². The lowest BCUT2D eigenvalue weighted by Crippen LogP contribution is -2.40. The molecule has 0 bridgehead atoms. The molecule has 106 valence electrons. The van der Waals surface area contributed by atoms with Crippen LogP contribution in [0.2, 0.25) is 0 Å². The molecule has 0 aromatic rings. The van der Waals surface area contributed by atoms with Crippen molar-refractivity contribution in [3.05, 3.63) is 0 Å². The third kappa shape index (κ3) is 4.11. The lowest BCUT2D eigenvalue weighted by Gasteiger charge is -2.34. The molecule has 18 heavy (non-hydrogen) atoms. The molecule has 0 aliphatic carbocycles. The van der Waals surface area contributed by atoms with E-state index in [1.165, 1.54) is 71.0 Å². The van der Waals surface area contributed by atoms with Crippen LogP contribution in [0.5, 0.6) is 0 Å². The number of likely N-dealkylation sites (tertiary alicyclic amines) is 2. The summed E-state index contributed by atoms with van der Waals surface area (Å²) in [5, 5.41) is 0. The highest BCUT2D eigenvalue weighted by Gasteiger charge is 2.25. The molecule has 3 heteroatoms. The normalized spacial score (nSPS) is 31.0. The minimum absolute atomic E-state index is 0.829. The van der Waals surface area contributed by atoms with Gasteiger partial charge >= 0.3 is 0 Å². The van der Waals surface area contributed by atoms with Crippen LogP contribution < -0.4 is 0 Å². The van der Waals surface area contributed by atoms with Gasteiger partial charge in [0, 0.05) is 18.0 Å². The zero-order valence-corrected chi connectivity index (χ0v) is 12.7. The summed E-state index contributed by atoms with van der Waals surface area (Å²) in [5.74, 6) is 0.829. The highest BCUT2D eigenvalue weighted by molar-refractivity contribution is 6.17. The Kier molecular flexibility index (Phi) is 6.26. The highest BCUT2D eigenvalue weighted by atomic mass is 35.5. The molecular weight excluding hydrogens is 244 g/mol. The number of rotatable bonds is 6. The smallest absolute Gasteiger partial charge is 0.0224 e. The van der Waals surface area contributed by atoms with Gasteiger partial charge in [0.2, 0.25) is 0 Å². The predicted octanol–water partition coefficient (Wildman–Crippen LogP) is 3.34. The number of halogens is 1. The Bertz CT molecular complexity index is 235. The average Bonchev–Trinajstić information content (AvgIpc) is 2.83. The van der Waals surface area contributed by atoms with E-state index in [9.17, 15) is 0 Å². The zero-order chi connectivity index (χ0) is 12.8. The molecular formula is C15H29ClN2. The fourth-order valence-corrected chi connectivity index (χ4v) is 3.81. The van der Waals surface area contributed by atoms with Crippen LogP contribution in [0.15, 0.2) is 0 Å². The van der Waals surface area contributed by atoms with Gasteiger partial charge in [-0.3, -0.25) is 0 Å². The molecule has 2 aliphatic heterocycles. The summed E-state index contributed by atoms with van der Waals surface area (Å²) in [4.78, 5) is 5.31. The SMILES string of the molecule is CN1CCCCC1CCN1CCCC1CCCCl. The van der Waals surface area contributed by atoms with E-state index in [1.54, 1.807) is 0 Å². The second kappa shape index (κ2) is 7.72. The molecule has 2 atom stereocenters. The average molecular weight is 273 g/mol. The lowest BCUT2D eigenvalue weighted by molar-refractivity contribution is 0.147. The quantitative estimate of drug-likeness (QED) is 0.685. The fraction of sp³-hybridized carbons (Fsp3) is 1.00. The molecule has 2 aliphatic rings. The van der Waals surface area contributed by atoms with Gasteiger partial charge in [0.05, 0.1) is 0 Å². The van der Waals surface area contributed by atoms with Crippen LogP contribution in [-0.2, 0) is 0 Å². The lowest BCUT2D eigenvalue weighted by atomic mass is 9.99. The van der Waals surface area contributed by atoms with Gasteiger partial charge in [0.15, 0.2) is 0 Å². The maximum Gasteiger partial charge on any atom is 0.0224 e. The molecule has 2 saturated heterocycles. The molecule has 2 rings (SSSR count). The van der Waals surface area contributed by atoms with E-state index in [0.717, 1.165) is 18.0 Å². The molecule has 0 aromatic heterocycles. The summed E-state index contributed by atoms with van der Waals surface area (Å²) in [6.45, 7) is 3.94. The largest absolute Gasteiger partial charge is 0.303 e. The molecule has 0 N–H and O–H groups in total. The number of nitrogens with zero attached hydrogens (tertiary/aromatic N) is 2. The number of alkyl halides is 1. The van der Waals surface area contributed by atoms with Gasteiger partial charge in [-0.25, -0.2) is 0 Å². The molecule has 0 radical (unpaired) electrons. The van der Waals surface area contributed by atoms with E-state index in [4.69, 9.17) is 11.6 Å². The first-order valence-electron chi connectivity index (χ1n) is 7.81. The van der Waals surface area contributed by atoms with E-state index in [-0.39, 0.29) is 0 Å². The third-order valence-electron chi connectivity index (χ3n) is 4.84. The summed E-state index contributed by atoms with van der Waals surface area (Å²) in [6, 6.07) is 1.67. The van der Waals surface area contributed by atoms with Crippen molar-refractivity contribution in [1.82, 2.24) is 9.80 Å². The Morgan fingerprint density at radius 2 is 1.83 bits per heavy atom. The molecule has 2 unspecified atom stereocenters. The molecule has 0 amide bonds. The standard InChI is InChI=1S/C15H29ClN2/c1-17-11-3-2-6-14(17)9-13-18-12-5-8-15(18)7-4-10-16/h14-15H,2-13H2,1H3. The Morgan fingerprint density at radius 1 is 1.00 bits per heavy atom. The van der Waals surface area contributed by atoms with Crippen LogP contribution >= 0.6 is 11.6 Å². The topological polar surface area (TPSA) is 6.48 Å². The number of hydrogen-bond acceptors (Lipinski definition) is 2. The van der Waals surface area contributed by atoms with Gasteiger partial charge in [-0.05, 0) is 71.6 Å².